The molecule has 0 fully saturated rings. The van der Waals surface area contributed by atoms with Gasteiger partial charge in [0.25, 0.3) is 0 Å². The minimum atomic E-state index is -0.176. The summed E-state index contributed by atoms with van der Waals surface area (Å²) in [4.78, 5) is 12.1. The van der Waals surface area contributed by atoms with E-state index in [2.05, 4.69) is 10.6 Å². The minimum Gasteiger partial charge on any atom is -0.490 e. The van der Waals surface area contributed by atoms with Crippen LogP contribution < -0.4 is 20.1 Å². The first-order valence-corrected chi connectivity index (χ1v) is 9.27. The summed E-state index contributed by atoms with van der Waals surface area (Å²) >= 11 is 5.93. The molecule has 1 amide bonds. The van der Waals surface area contributed by atoms with Crippen LogP contribution in [0, 0.1) is 0 Å². The number of halogens is 1. The predicted octanol–water partition coefficient (Wildman–Crippen LogP) is 4.85. The highest BCUT2D eigenvalue weighted by Crippen LogP contribution is 2.23. The fourth-order valence-electron chi connectivity index (χ4n) is 2.51. The smallest absolute Gasteiger partial charge is 0.243 e. The van der Waals surface area contributed by atoms with Gasteiger partial charge in [-0.2, -0.15) is 0 Å². The lowest BCUT2D eigenvalue weighted by Crippen LogP contribution is -2.22. The van der Waals surface area contributed by atoms with Gasteiger partial charge in [-0.05, 0) is 42.5 Å². The van der Waals surface area contributed by atoms with Crippen molar-refractivity contribution in [2.75, 3.05) is 30.4 Å². The van der Waals surface area contributed by atoms with Crippen LogP contribution >= 0.6 is 11.6 Å². The summed E-state index contributed by atoms with van der Waals surface area (Å²) in [6.45, 7) is 0.920. The molecule has 0 aliphatic heterocycles. The molecule has 0 atom stereocenters. The molecule has 0 saturated carbocycles. The van der Waals surface area contributed by atoms with Gasteiger partial charge in [0.1, 0.15) is 24.7 Å². The summed E-state index contributed by atoms with van der Waals surface area (Å²) in [6.07, 6.45) is 0. The fourth-order valence-corrected chi connectivity index (χ4v) is 2.70. The van der Waals surface area contributed by atoms with Crippen LogP contribution in [0.2, 0.25) is 5.02 Å². The minimum absolute atomic E-state index is 0.105. The van der Waals surface area contributed by atoms with E-state index in [4.69, 9.17) is 21.1 Å². The molecule has 3 aromatic carbocycles. The van der Waals surface area contributed by atoms with Gasteiger partial charge in [0.15, 0.2) is 0 Å². The Balaban J connectivity index is 1.47. The van der Waals surface area contributed by atoms with Crippen molar-refractivity contribution >= 4 is 28.9 Å². The lowest BCUT2D eigenvalue weighted by molar-refractivity contribution is -0.114. The molecule has 0 radical (unpaired) electrons. The molecule has 3 aromatic rings. The van der Waals surface area contributed by atoms with E-state index in [-0.39, 0.29) is 12.5 Å². The molecule has 2 N–H and O–H groups in total. The van der Waals surface area contributed by atoms with Gasteiger partial charge in [-0.1, -0.05) is 48.0 Å². The summed E-state index contributed by atoms with van der Waals surface area (Å²) in [7, 11) is 0. The molecule has 0 bridgehead atoms. The summed E-state index contributed by atoms with van der Waals surface area (Å²) in [5.74, 6) is 1.29. The van der Waals surface area contributed by atoms with Crippen molar-refractivity contribution in [3.05, 3.63) is 83.9 Å². The highest BCUT2D eigenvalue weighted by atomic mass is 35.5. The van der Waals surface area contributed by atoms with Crippen molar-refractivity contribution in [2.45, 2.75) is 0 Å². The van der Waals surface area contributed by atoms with Crippen molar-refractivity contribution in [3.63, 3.8) is 0 Å². The zero-order valence-electron chi connectivity index (χ0n) is 15.2. The number of benzene rings is 3. The average molecular weight is 397 g/mol. The van der Waals surface area contributed by atoms with Gasteiger partial charge in [-0.25, -0.2) is 0 Å². The number of carbonyl (C=O) groups is 1. The maximum Gasteiger partial charge on any atom is 0.243 e. The normalized spacial score (nSPS) is 10.2. The van der Waals surface area contributed by atoms with Crippen molar-refractivity contribution in [1.29, 1.82) is 0 Å². The second-order valence-electron chi connectivity index (χ2n) is 5.92. The third kappa shape index (κ3) is 6.21. The molecular formula is C22H21ClN2O3. The quantitative estimate of drug-likeness (QED) is 0.508. The number of amides is 1. The molecule has 5 nitrogen and oxygen atoms in total. The van der Waals surface area contributed by atoms with Crippen LogP contribution in [0.3, 0.4) is 0 Å². The van der Waals surface area contributed by atoms with Crippen LogP contribution in [0.15, 0.2) is 78.9 Å². The van der Waals surface area contributed by atoms with E-state index in [1.807, 2.05) is 54.6 Å². The fraction of sp³-hybridized carbons (Fsp3) is 0.136. The van der Waals surface area contributed by atoms with Gasteiger partial charge < -0.3 is 20.1 Å². The first kappa shape index (κ1) is 19.6. The highest BCUT2D eigenvalue weighted by Gasteiger charge is 2.07. The number of ether oxygens (including phenoxy) is 2. The number of nitrogens with one attached hydrogen (secondary N) is 2. The number of rotatable bonds is 9. The van der Waals surface area contributed by atoms with Gasteiger partial charge in [0, 0.05) is 10.7 Å². The van der Waals surface area contributed by atoms with E-state index < -0.39 is 0 Å². The topological polar surface area (TPSA) is 59.6 Å². The molecule has 144 valence electrons. The monoisotopic (exact) mass is 396 g/mol. The second-order valence-corrected chi connectivity index (χ2v) is 6.35. The van der Waals surface area contributed by atoms with E-state index in [1.165, 1.54) is 0 Å². The number of carbonyl (C=O) groups excluding carboxylic acids is 1. The Morgan fingerprint density at radius 3 is 2.43 bits per heavy atom. The number of anilines is 2. The largest absolute Gasteiger partial charge is 0.490 e. The van der Waals surface area contributed by atoms with Gasteiger partial charge in [-0.3, -0.25) is 4.79 Å². The summed E-state index contributed by atoms with van der Waals surface area (Å²) in [5, 5.41) is 6.46. The first-order chi connectivity index (χ1) is 13.7. The molecule has 28 heavy (non-hydrogen) atoms. The van der Waals surface area contributed by atoms with E-state index in [1.54, 1.807) is 24.3 Å². The Bertz CT molecular complexity index is 903. The van der Waals surface area contributed by atoms with Crippen LogP contribution in [0.1, 0.15) is 0 Å². The zero-order valence-corrected chi connectivity index (χ0v) is 16.0. The third-order valence-electron chi connectivity index (χ3n) is 3.79. The van der Waals surface area contributed by atoms with Crippen molar-refractivity contribution in [2.24, 2.45) is 0 Å². The molecule has 0 aliphatic carbocycles. The maximum absolute atomic E-state index is 12.1. The van der Waals surface area contributed by atoms with Gasteiger partial charge in [-0.15, -0.1) is 0 Å². The number of hydrogen-bond acceptors (Lipinski definition) is 4. The molecule has 0 heterocycles. The molecule has 0 saturated heterocycles. The van der Waals surface area contributed by atoms with Gasteiger partial charge >= 0.3 is 0 Å². The van der Waals surface area contributed by atoms with Crippen LogP contribution in [-0.4, -0.2) is 25.7 Å². The molecule has 0 spiro atoms. The van der Waals surface area contributed by atoms with E-state index in [9.17, 15) is 4.79 Å². The van der Waals surface area contributed by atoms with E-state index in [0.29, 0.717) is 29.7 Å². The van der Waals surface area contributed by atoms with E-state index in [0.717, 1.165) is 11.4 Å². The molecular weight excluding hydrogens is 376 g/mol. The van der Waals surface area contributed by atoms with Crippen molar-refractivity contribution < 1.29 is 14.3 Å². The highest BCUT2D eigenvalue weighted by molar-refractivity contribution is 6.30. The summed E-state index contributed by atoms with van der Waals surface area (Å²) in [6, 6.07) is 24.1. The Labute approximate surface area is 169 Å². The molecule has 0 unspecified atom stereocenters. The lowest BCUT2D eigenvalue weighted by atomic mass is 10.3. The Morgan fingerprint density at radius 1 is 0.857 bits per heavy atom. The predicted molar refractivity (Wildman–Crippen MR) is 112 cm³/mol. The van der Waals surface area contributed by atoms with Crippen LogP contribution in [0.5, 0.6) is 11.5 Å². The average Bonchev–Trinajstić information content (AvgIpc) is 2.71. The molecule has 0 aromatic heterocycles. The Hall–Kier alpha value is -3.18. The van der Waals surface area contributed by atoms with E-state index >= 15 is 0 Å². The zero-order chi connectivity index (χ0) is 19.6. The Kier molecular flexibility index (Phi) is 7.15. The van der Waals surface area contributed by atoms with Crippen molar-refractivity contribution in [1.82, 2.24) is 0 Å². The van der Waals surface area contributed by atoms with Crippen LogP contribution in [0.25, 0.3) is 0 Å². The van der Waals surface area contributed by atoms with Gasteiger partial charge in [0.05, 0.1) is 12.2 Å². The Morgan fingerprint density at radius 2 is 1.61 bits per heavy atom. The summed E-state index contributed by atoms with van der Waals surface area (Å²) in [5.41, 5.74) is 1.39. The number of hydrogen-bond donors (Lipinski definition) is 2. The third-order valence-corrected chi connectivity index (χ3v) is 4.02. The molecule has 0 aliphatic rings. The van der Waals surface area contributed by atoms with Crippen LogP contribution in [-0.2, 0) is 4.79 Å². The SMILES string of the molecule is O=C(CNc1ccccc1OCCOc1ccccc1)Nc1cccc(Cl)c1. The first-order valence-electron chi connectivity index (χ1n) is 8.90. The molecule has 3 rings (SSSR count). The van der Waals surface area contributed by atoms with Gasteiger partial charge in [0.2, 0.25) is 5.91 Å². The number of para-hydroxylation sites is 3. The van der Waals surface area contributed by atoms with Crippen molar-refractivity contribution in [3.8, 4) is 11.5 Å². The summed E-state index contributed by atoms with van der Waals surface area (Å²) < 4.78 is 11.4. The lowest BCUT2D eigenvalue weighted by Gasteiger charge is -2.14. The van der Waals surface area contributed by atoms with Crippen LogP contribution in [0.4, 0.5) is 11.4 Å². The molecule has 6 heteroatoms. The maximum atomic E-state index is 12.1. The standard InChI is InChI=1S/C22H21ClN2O3/c23-17-7-6-8-18(15-17)25-22(26)16-24-20-11-4-5-12-21(20)28-14-13-27-19-9-2-1-3-10-19/h1-12,15,24H,13-14,16H2,(H,25,26). The second kappa shape index (κ2) is 10.2.